The second-order valence-electron chi connectivity index (χ2n) is 13.4. The molecule has 0 aliphatic heterocycles. The van der Waals surface area contributed by atoms with Gasteiger partial charge >= 0.3 is 0 Å². The summed E-state index contributed by atoms with van der Waals surface area (Å²) < 4.78 is 0. The molecule has 1 atom stereocenters. The number of carbonyl (C=O) groups is 2. The molecule has 1 unspecified atom stereocenters. The van der Waals surface area contributed by atoms with Crippen molar-refractivity contribution in [3.05, 3.63) is 0 Å². The summed E-state index contributed by atoms with van der Waals surface area (Å²) in [7, 11) is 0. The van der Waals surface area contributed by atoms with E-state index in [0.29, 0.717) is 25.7 Å². The molecule has 0 saturated heterocycles. The molecule has 0 bridgehead atoms. The normalized spacial score (nSPS) is 12.4. The predicted octanol–water partition coefficient (Wildman–Crippen LogP) is 10.6. The Morgan fingerprint density at radius 3 is 1.00 bits per heavy atom. The van der Waals surface area contributed by atoms with Crippen LogP contribution in [0, 0.1) is 0 Å². The van der Waals surface area contributed by atoms with Gasteiger partial charge in [0.05, 0.1) is 0 Å². The lowest BCUT2D eigenvalue weighted by Gasteiger charge is -2.37. The Hall–Kier alpha value is -1.14. The lowest BCUT2D eigenvalue weighted by Crippen LogP contribution is -2.70. The number of hydrogen-bond acceptors (Lipinski definition) is 4. The summed E-state index contributed by atoms with van der Waals surface area (Å²) in [6.45, 7) is 8.33. The third kappa shape index (κ3) is 27.2. The second kappa shape index (κ2) is 31.8. The number of carbonyl (C=O) groups excluding carboxylic acids is 2. The minimum Gasteiger partial charge on any atom is -0.379 e. The average molecular weight is 624 g/mol. The van der Waals surface area contributed by atoms with Gasteiger partial charge in [-0.2, -0.15) is 0 Å². The van der Waals surface area contributed by atoms with Crippen LogP contribution in [0.15, 0.2) is 0 Å². The maximum Gasteiger partial charge on any atom is 0.222 e. The van der Waals surface area contributed by atoms with E-state index in [-0.39, 0.29) is 11.8 Å². The minimum absolute atomic E-state index is 0.0769. The highest BCUT2D eigenvalue weighted by Gasteiger charge is 2.33. The topological polar surface area (TPSA) is 90.5 Å². The van der Waals surface area contributed by atoms with E-state index in [4.69, 9.17) is 0 Å². The SMILES string of the molecule is CCCCCCCCCCCCCCCC(=O)NC(CC)(NC(=O)CCCCCCCCCCCCCCC)NC(O)CC. The van der Waals surface area contributed by atoms with Crippen LogP contribution in [0.5, 0.6) is 0 Å². The van der Waals surface area contributed by atoms with E-state index < -0.39 is 12.0 Å². The molecule has 0 aromatic carbocycles. The van der Waals surface area contributed by atoms with Crippen LogP contribution in [0.1, 0.15) is 220 Å². The first kappa shape index (κ1) is 42.9. The Bertz CT molecular complexity index is 599. The first-order valence-electron chi connectivity index (χ1n) is 19.5. The van der Waals surface area contributed by atoms with Crippen LogP contribution < -0.4 is 16.0 Å². The van der Waals surface area contributed by atoms with Gasteiger partial charge in [-0.25, -0.2) is 0 Å². The smallest absolute Gasteiger partial charge is 0.222 e. The van der Waals surface area contributed by atoms with Crippen molar-refractivity contribution in [2.24, 2.45) is 0 Å². The van der Waals surface area contributed by atoms with Gasteiger partial charge in [0.15, 0.2) is 5.79 Å². The van der Waals surface area contributed by atoms with E-state index in [9.17, 15) is 14.7 Å². The lowest BCUT2D eigenvalue weighted by molar-refractivity contribution is -0.129. The van der Waals surface area contributed by atoms with Gasteiger partial charge in [-0.3, -0.25) is 14.9 Å². The van der Waals surface area contributed by atoms with E-state index in [1.165, 1.54) is 141 Å². The third-order valence-corrected chi connectivity index (χ3v) is 9.05. The van der Waals surface area contributed by atoms with E-state index in [1.54, 1.807) is 0 Å². The van der Waals surface area contributed by atoms with E-state index in [1.807, 2.05) is 13.8 Å². The average Bonchev–Trinajstić information content (AvgIpc) is 3.01. The molecule has 4 N–H and O–H groups in total. The molecule has 6 nitrogen and oxygen atoms in total. The molecule has 0 aliphatic rings. The highest BCUT2D eigenvalue weighted by atomic mass is 16.3. The Labute approximate surface area is 274 Å². The zero-order chi connectivity index (χ0) is 32.6. The zero-order valence-corrected chi connectivity index (χ0v) is 30.1. The van der Waals surface area contributed by atoms with Crippen molar-refractivity contribution in [3.8, 4) is 0 Å². The van der Waals surface area contributed by atoms with E-state index in [2.05, 4.69) is 29.8 Å². The molecule has 0 saturated carbocycles. The minimum atomic E-state index is -1.11. The summed E-state index contributed by atoms with van der Waals surface area (Å²) in [6.07, 6.45) is 34.1. The van der Waals surface area contributed by atoms with Crippen LogP contribution in [0.2, 0.25) is 0 Å². The van der Waals surface area contributed by atoms with Crippen LogP contribution in [0.4, 0.5) is 0 Å². The number of unbranched alkanes of at least 4 members (excludes halogenated alkanes) is 24. The molecule has 0 spiro atoms. The largest absolute Gasteiger partial charge is 0.379 e. The molecule has 0 heterocycles. The Morgan fingerprint density at radius 2 is 0.750 bits per heavy atom. The van der Waals surface area contributed by atoms with Crippen LogP contribution in [-0.4, -0.2) is 28.9 Å². The van der Waals surface area contributed by atoms with Crippen LogP contribution in [-0.2, 0) is 9.59 Å². The summed E-state index contributed by atoms with van der Waals surface area (Å²) in [5.41, 5.74) is 0. The number of amides is 2. The summed E-state index contributed by atoms with van der Waals surface area (Å²) >= 11 is 0. The molecule has 0 radical (unpaired) electrons. The van der Waals surface area contributed by atoms with Gasteiger partial charge < -0.3 is 15.7 Å². The maximum atomic E-state index is 12.9. The van der Waals surface area contributed by atoms with Crippen molar-refractivity contribution in [1.82, 2.24) is 16.0 Å². The molecule has 0 fully saturated rings. The molecule has 2 amide bonds. The molecule has 0 rings (SSSR count). The Kier molecular flexibility index (Phi) is 31.0. The number of rotatable bonds is 34. The number of nitrogens with one attached hydrogen (secondary N) is 3. The fraction of sp³-hybridized carbons (Fsp3) is 0.947. The molecular formula is C38H77N3O3. The number of aliphatic hydroxyl groups excluding tert-OH is 1. The Morgan fingerprint density at radius 1 is 0.477 bits per heavy atom. The summed E-state index contributed by atoms with van der Waals surface area (Å²) in [6, 6.07) is 0. The standard InChI is InChI=1S/C38H77N3O3/c1-5-9-11-13-15-17-19-21-23-25-27-29-31-33-36(43)40-38(8-4,39-35(42)7-3)41-37(44)34-32-30-28-26-24-22-20-18-16-14-12-10-6-2/h35,39,42H,5-34H2,1-4H3,(H,40,43)(H,41,44). The predicted molar refractivity (Wildman–Crippen MR) is 189 cm³/mol. The van der Waals surface area contributed by atoms with Crippen molar-refractivity contribution in [2.75, 3.05) is 0 Å². The van der Waals surface area contributed by atoms with Crippen molar-refractivity contribution in [1.29, 1.82) is 0 Å². The lowest BCUT2D eigenvalue weighted by atomic mass is 10.0. The molecule has 0 aliphatic carbocycles. The van der Waals surface area contributed by atoms with Crippen LogP contribution in [0.25, 0.3) is 0 Å². The summed E-state index contributed by atoms with van der Waals surface area (Å²) in [4.78, 5) is 25.7. The van der Waals surface area contributed by atoms with Gasteiger partial charge in [0.25, 0.3) is 0 Å². The fourth-order valence-electron chi connectivity index (χ4n) is 5.98. The van der Waals surface area contributed by atoms with Gasteiger partial charge in [-0.1, -0.05) is 182 Å². The zero-order valence-electron chi connectivity index (χ0n) is 30.1. The second-order valence-corrected chi connectivity index (χ2v) is 13.4. The molecule has 262 valence electrons. The number of aliphatic hydroxyl groups is 1. The highest BCUT2D eigenvalue weighted by Crippen LogP contribution is 2.15. The van der Waals surface area contributed by atoms with Crippen LogP contribution >= 0.6 is 0 Å². The fourth-order valence-corrected chi connectivity index (χ4v) is 5.98. The first-order chi connectivity index (χ1) is 21.4. The van der Waals surface area contributed by atoms with Crippen molar-refractivity contribution in [3.63, 3.8) is 0 Å². The first-order valence-corrected chi connectivity index (χ1v) is 19.5. The highest BCUT2D eigenvalue weighted by molar-refractivity contribution is 5.80. The van der Waals surface area contributed by atoms with E-state index in [0.717, 1.165) is 25.7 Å². The number of hydrogen-bond donors (Lipinski definition) is 4. The summed E-state index contributed by atoms with van der Waals surface area (Å²) in [5, 5.41) is 19.5. The Balaban J connectivity index is 4.16. The quantitative estimate of drug-likeness (QED) is 0.0424. The molecule has 0 aromatic heterocycles. The monoisotopic (exact) mass is 624 g/mol. The third-order valence-electron chi connectivity index (χ3n) is 9.05. The summed E-state index contributed by atoms with van der Waals surface area (Å²) in [5.74, 6) is -1.27. The molecule has 0 aromatic rings. The van der Waals surface area contributed by atoms with Crippen molar-refractivity contribution >= 4 is 11.8 Å². The van der Waals surface area contributed by atoms with Gasteiger partial charge in [-0.05, 0) is 19.3 Å². The van der Waals surface area contributed by atoms with Crippen molar-refractivity contribution < 1.29 is 14.7 Å². The van der Waals surface area contributed by atoms with Gasteiger partial charge in [0.1, 0.15) is 6.23 Å². The maximum absolute atomic E-state index is 12.9. The van der Waals surface area contributed by atoms with Gasteiger partial charge in [-0.15, -0.1) is 0 Å². The van der Waals surface area contributed by atoms with Gasteiger partial charge in [0.2, 0.25) is 11.8 Å². The van der Waals surface area contributed by atoms with E-state index >= 15 is 0 Å². The molecular weight excluding hydrogens is 546 g/mol. The van der Waals surface area contributed by atoms with Crippen LogP contribution in [0.3, 0.4) is 0 Å². The van der Waals surface area contributed by atoms with Crippen molar-refractivity contribution in [2.45, 2.75) is 232 Å². The molecule has 44 heavy (non-hydrogen) atoms. The molecule has 6 heteroatoms. The van der Waals surface area contributed by atoms with Gasteiger partial charge in [0, 0.05) is 19.3 Å².